The van der Waals surface area contributed by atoms with Crippen molar-refractivity contribution in [3.05, 3.63) is 41.7 Å². The Labute approximate surface area is 184 Å². The van der Waals surface area contributed by atoms with E-state index in [1.54, 1.807) is 47.0 Å². The van der Waals surface area contributed by atoms with E-state index in [4.69, 9.17) is 4.74 Å². The molecule has 1 N–H and O–H groups in total. The van der Waals surface area contributed by atoms with Gasteiger partial charge >= 0.3 is 6.03 Å². The van der Waals surface area contributed by atoms with Crippen LogP contribution in [0, 0.1) is 5.92 Å². The van der Waals surface area contributed by atoms with Gasteiger partial charge in [0.2, 0.25) is 15.0 Å². The molecule has 0 spiro atoms. The summed E-state index contributed by atoms with van der Waals surface area (Å²) < 4.78 is 33.5. The van der Waals surface area contributed by atoms with Crippen LogP contribution < -0.4 is 10.1 Å². The number of carbonyl (C=O) groups excluding carboxylic acids is 1. The highest BCUT2D eigenvalue weighted by Gasteiger charge is 2.34. The Morgan fingerprint density at radius 1 is 1.35 bits per heavy atom. The van der Waals surface area contributed by atoms with Crippen molar-refractivity contribution in [1.82, 2.24) is 19.8 Å². The number of amides is 2. The van der Waals surface area contributed by atoms with Gasteiger partial charge in [0.05, 0.1) is 31.3 Å². The van der Waals surface area contributed by atoms with E-state index in [1.165, 1.54) is 0 Å². The van der Waals surface area contributed by atoms with E-state index in [1.807, 2.05) is 20.8 Å². The molecule has 0 unspecified atom stereocenters. The molecule has 2 aromatic rings. The molecule has 8 nitrogen and oxygen atoms in total. The summed E-state index contributed by atoms with van der Waals surface area (Å²) in [5.74, 6) is 0.667. The van der Waals surface area contributed by atoms with Crippen LogP contribution in [0.4, 0.5) is 4.79 Å². The second-order valence-corrected chi connectivity index (χ2v) is 10.2. The highest BCUT2D eigenvalue weighted by molar-refractivity contribution is 7.90. The van der Waals surface area contributed by atoms with E-state index in [-0.39, 0.29) is 28.9 Å². The number of hydrogen-bond donors (Lipinski definition) is 1. The van der Waals surface area contributed by atoms with Gasteiger partial charge in [-0.3, -0.25) is 0 Å². The molecule has 2 amide bonds. The molecule has 170 valence electrons. The van der Waals surface area contributed by atoms with E-state index in [0.717, 1.165) is 18.5 Å². The number of ether oxygens (including phenoxy) is 1. The van der Waals surface area contributed by atoms with Crippen LogP contribution in [-0.4, -0.2) is 48.6 Å². The van der Waals surface area contributed by atoms with Crippen molar-refractivity contribution >= 4 is 15.9 Å². The number of benzene rings is 1. The number of aromatic nitrogens is 2. The van der Waals surface area contributed by atoms with Crippen LogP contribution in [0.5, 0.6) is 5.75 Å². The number of methoxy groups -OCH3 is 1. The van der Waals surface area contributed by atoms with Gasteiger partial charge in [-0.25, -0.2) is 18.2 Å². The van der Waals surface area contributed by atoms with E-state index in [9.17, 15) is 13.2 Å². The molecule has 1 saturated carbocycles. The fraction of sp³-hybridized carbons (Fsp3) is 0.545. The summed E-state index contributed by atoms with van der Waals surface area (Å²) in [6.07, 6.45) is 3.53. The maximum absolute atomic E-state index is 13.3. The molecule has 0 atom stereocenters. The molecule has 1 heterocycles. The van der Waals surface area contributed by atoms with Crippen LogP contribution in [0.1, 0.15) is 44.9 Å². The Bertz CT molecular complexity index is 1010. The fourth-order valence-corrected chi connectivity index (χ4v) is 5.04. The average molecular weight is 449 g/mol. The predicted octanol–water partition coefficient (Wildman–Crippen LogP) is 3.22. The van der Waals surface area contributed by atoms with Crippen LogP contribution in [0.15, 0.2) is 35.6 Å². The lowest BCUT2D eigenvalue weighted by Crippen LogP contribution is -2.41. The van der Waals surface area contributed by atoms with Gasteiger partial charge in [0.25, 0.3) is 0 Å². The molecule has 3 rings (SSSR count). The molecular weight excluding hydrogens is 416 g/mol. The van der Waals surface area contributed by atoms with Crippen molar-refractivity contribution in [3.8, 4) is 5.75 Å². The molecule has 1 aromatic carbocycles. The minimum Gasteiger partial charge on any atom is -0.497 e. The lowest BCUT2D eigenvalue weighted by molar-refractivity contribution is 0.190. The standard InChI is InChI=1S/C22H32N4O4S/c1-5-23-21(27)25(18-9-10-18)14-19-12-24-22(26(19)13-16(2)3)31(28,29)15-17-7-6-8-20(11-17)30-4/h6-8,11-12,16,18H,5,9-10,13-15H2,1-4H3,(H,23,27). The SMILES string of the molecule is CCNC(=O)N(Cc1cnc(S(=O)(=O)Cc2cccc(OC)c2)n1CC(C)C)C1CC1. The molecule has 0 bridgehead atoms. The molecule has 1 aromatic heterocycles. The maximum atomic E-state index is 13.3. The minimum absolute atomic E-state index is 0.0469. The van der Waals surface area contributed by atoms with Gasteiger partial charge < -0.3 is 19.5 Å². The normalized spacial score (nSPS) is 14.0. The van der Waals surface area contributed by atoms with Gasteiger partial charge in [0.15, 0.2) is 0 Å². The number of sulfone groups is 1. The Kier molecular flexibility index (Phi) is 7.25. The number of hydrogen-bond acceptors (Lipinski definition) is 5. The summed E-state index contributed by atoms with van der Waals surface area (Å²) in [4.78, 5) is 18.6. The van der Waals surface area contributed by atoms with Gasteiger partial charge in [-0.15, -0.1) is 0 Å². The first-order valence-corrected chi connectivity index (χ1v) is 12.3. The summed E-state index contributed by atoms with van der Waals surface area (Å²) in [6.45, 7) is 7.35. The number of imidazole rings is 1. The van der Waals surface area contributed by atoms with Crippen molar-refractivity contribution in [2.24, 2.45) is 5.92 Å². The van der Waals surface area contributed by atoms with E-state index in [2.05, 4.69) is 10.3 Å². The fourth-order valence-electron chi connectivity index (χ4n) is 3.55. The van der Waals surface area contributed by atoms with Crippen molar-refractivity contribution in [1.29, 1.82) is 0 Å². The smallest absolute Gasteiger partial charge is 0.317 e. The van der Waals surface area contributed by atoms with Gasteiger partial charge in [0.1, 0.15) is 5.75 Å². The highest BCUT2D eigenvalue weighted by atomic mass is 32.2. The topological polar surface area (TPSA) is 93.5 Å². The lowest BCUT2D eigenvalue weighted by Gasteiger charge is -2.24. The summed E-state index contributed by atoms with van der Waals surface area (Å²) in [7, 11) is -2.14. The molecule has 1 aliphatic rings. The van der Waals surface area contributed by atoms with Crippen LogP contribution in [0.3, 0.4) is 0 Å². The molecule has 1 aliphatic carbocycles. The third-order valence-corrected chi connectivity index (χ3v) is 6.72. The highest BCUT2D eigenvalue weighted by Crippen LogP contribution is 2.29. The Hall–Kier alpha value is -2.55. The van der Waals surface area contributed by atoms with Crippen molar-refractivity contribution in [3.63, 3.8) is 0 Å². The largest absolute Gasteiger partial charge is 0.497 e. The van der Waals surface area contributed by atoms with Crippen molar-refractivity contribution in [2.45, 2.75) is 63.7 Å². The number of rotatable bonds is 10. The monoisotopic (exact) mass is 448 g/mol. The first-order chi connectivity index (χ1) is 14.7. The first kappa shape index (κ1) is 23.1. The molecule has 0 saturated heterocycles. The minimum atomic E-state index is -3.69. The maximum Gasteiger partial charge on any atom is 0.317 e. The zero-order chi connectivity index (χ0) is 22.6. The molecule has 1 fully saturated rings. The van der Waals surface area contributed by atoms with E-state index < -0.39 is 9.84 Å². The number of nitrogens with one attached hydrogen (secondary N) is 1. The van der Waals surface area contributed by atoms with Crippen molar-refractivity contribution in [2.75, 3.05) is 13.7 Å². The molecular formula is C22H32N4O4S. The van der Waals surface area contributed by atoms with Crippen LogP contribution in [0.25, 0.3) is 0 Å². The van der Waals surface area contributed by atoms with Gasteiger partial charge in [-0.1, -0.05) is 26.0 Å². The summed E-state index contributed by atoms with van der Waals surface area (Å²) in [5, 5.41) is 2.90. The first-order valence-electron chi connectivity index (χ1n) is 10.7. The molecule has 9 heteroatoms. The summed E-state index contributed by atoms with van der Waals surface area (Å²) in [5.41, 5.74) is 1.37. The van der Waals surface area contributed by atoms with Crippen LogP contribution >= 0.6 is 0 Å². The lowest BCUT2D eigenvalue weighted by atomic mass is 10.2. The van der Waals surface area contributed by atoms with Gasteiger partial charge in [-0.05, 0) is 43.4 Å². The zero-order valence-electron chi connectivity index (χ0n) is 18.7. The van der Waals surface area contributed by atoms with E-state index >= 15 is 0 Å². The summed E-state index contributed by atoms with van der Waals surface area (Å²) in [6, 6.07) is 7.12. The third kappa shape index (κ3) is 5.78. The van der Waals surface area contributed by atoms with Gasteiger partial charge in [0, 0.05) is 19.1 Å². The second kappa shape index (κ2) is 9.72. The number of carbonyl (C=O) groups is 1. The zero-order valence-corrected chi connectivity index (χ0v) is 19.5. The Balaban J connectivity index is 1.91. The molecule has 31 heavy (non-hydrogen) atoms. The van der Waals surface area contributed by atoms with Crippen LogP contribution in [0.2, 0.25) is 0 Å². The van der Waals surface area contributed by atoms with E-state index in [0.29, 0.717) is 30.9 Å². The predicted molar refractivity (Wildman–Crippen MR) is 119 cm³/mol. The summed E-state index contributed by atoms with van der Waals surface area (Å²) >= 11 is 0. The second-order valence-electron chi connectivity index (χ2n) is 8.34. The molecule has 0 radical (unpaired) electrons. The number of nitrogens with zero attached hydrogens (tertiary/aromatic N) is 3. The van der Waals surface area contributed by atoms with Crippen LogP contribution in [-0.2, 0) is 28.7 Å². The Morgan fingerprint density at radius 3 is 2.71 bits per heavy atom. The van der Waals surface area contributed by atoms with Gasteiger partial charge in [-0.2, -0.15) is 0 Å². The average Bonchev–Trinajstić information content (AvgIpc) is 3.47. The molecule has 0 aliphatic heterocycles. The quantitative estimate of drug-likeness (QED) is 0.602. The third-order valence-electron chi connectivity index (χ3n) is 5.13. The van der Waals surface area contributed by atoms with Crippen molar-refractivity contribution < 1.29 is 17.9 Å². The Morgan fingerprint density at radius 2 is 2.10 bits per heavy atom. The number of urea groups is 1.